The van der Waals surface area contributed by atoms with Crippen LogP contribution in [0, 0.1) is 20.8 Å². The van der Waals surface area contributed by atoms with E-state index in [4.69, 9.17) is 25.5 Å². The van der Waals surface area contributed by atoms with Gasteiger partial charge in [0.25, 0.3) is 23.2 Å². The Labute approximate surface area is 666 Å². The van der Waals surface area contributed by atoms with Gasteiger partial charge < -0.3 is 76.5 Å². The molecular weight excluding hydrogens is 1550 g/mol. The number of aliphatic hydroxyl groups is 3. The normalized spacial score (nSPS) is 18.3. The number of nitrogens with one attached hydrogen (secondary N) is 2. The Kier molecular flexibility index (Phi) is 34.6. The Balaban J connectivity index is 0.000000335. The molecule has 605 valence electrons. The topological polar surface area (TPSA) is 561 Å². The minimum absolute atomic E-state index is 0. The summed E-state index contributed by atoms with van der Waals surface area (Å²) in [6.07, 6.45) is 10.5. The second kappa shape index (κ2) is 43.1. The van der Waals surface area contributed by atoms with Crippen molar-refractivity contribution >= 4 is 145 Å². The predicted molar refractivity (Wildman–Crippen MR) is 414 cm³/mol. The summed E-state index contributed by atoms with van der Waals surface area (Å²) in [5, 5.41) is 126. The van der Waals surface area contributed by atoms with Crippen molar-refractivity contribution in [2.45, 2.75) is 79.6 Å². The first-order chi connectivity index (χ1) is 53.8. The van der Waals surface area contributed by atoms with Crippen LogP contribution < -0.4 is 35.1 Å². The largest absolute Gasteiger partial charge is 3.00 e. The van der Waals surface area contributed by atoms with E-state index in [0.717, 1.165) is 53.4 Å². The standard InChI is InChI=1S/2C32H31N10O6.3C3H6O3.Fe/c2*1-20-27(30(44)40(18-8-15-38(3)4)32(46)29(20)39-16-6-5-7-17-39)35-33-22-9-11-23(12-10-22)41-31(45)28(21(2)37-41)36-34-25-14-13-24(42(47)48)19-26(25)43;3*1-2(4)3(5)6;/h2*5-7,9-14,16-17,19,33H,8,15,18H2,1-4H3;3*2,4H,1H3,(H,5,6);/q2*-1;;;;+3/p-1/b2*34-25+,35-27-,36-28-;;;;. The first-order valence-corrected chi connectivity index (χ1v) is 34.1. The number of imide groups is 2. The Bertz CT molecular complexity index is 4510. The Hall–Kier alpha value is -13.1. The van der Waals surface area contributed by atoms with Crippen molar-refractivity contribution in [2.75, 3.05) is 75.2 Å². The fourth-order valence-corrected chi connectivity index (χ4v) is 9.80. The van der Waals surface area contributed by atoms with Gasteiger partial charge in [0, 0.05) is 60.9 Å². The number of pyridine rings is 2. The molecule has 115 heavy (non-hydrogen) atoms. The number of aromatic nitrogens is 2. The third-order valence-corrected chi connectivity index (χ3v) is 15.8. The zero-order chi connectivity index (χ0) is 84.5. The van der Waals surface area contributed by atoms with Gasteiger partial charge in [-0.05, 0) is 175 Å². The molecule has 0 fully saturated rings. The monoisotopic (exact) mass is 1630 g/mol. The summed E-state index contributed by atoms with van der Waals surface area (Å²) in [6, 6.07) is 23.8. The molecular formula is C73H79FeN20O21. The van der Waals surface area contributed by atoms with Crippen LogP contribution in [0.15, 0.2) is 210 Å². The maximum Gasteiger partial charge on any atom is 3.00 e. The molecule has 3 atom stereocenters. The number of nitrogens with zero attached hydrogens (tertiary/aromatic N) is 18. The van der Waals surface area contributed by atoms with Crippen LogP contribution in [0.2, 0.25) is 0 Å². The molecule has 4 aromatic rings. The SMILES string of the molecule is CC(O)C(=O)O.CC(O)C(=O)O.CC(O)C(=O)[O-].CC1=NN(c2ccc(N/N=C3\C(=O)N(CCCN(C)C)C(=O)C([n+]4ccccc4)=C3C)cc2)C(=O)/C1=N\N=C1/C=CC(N([O-])[O-])=CC1=O.CC1=NN(c2ccc(N/N=C3\C(=O)N(CCCN(C)C)C(=O)C([n+]4ccccc4)=C3C)cc2)C(=O)/C1=N\N=C1/C=CC(N([O-])[O-])=CC1=O.[Fe+3]. The molecule has 0 bridgehead atoms. The number of carbonyl (C=O) groups is 11. The van der Waals surface area contributed by atoms with Gasteiger partial charge in [-0.25, -0.2) is 9.59 Å². The first kappa shape index (κ1) is 92.5. The van der Waals surface area contributed by atoms with Gasteiger partial charge in [0.15, 0.2) is 47.6 Å². The number of carboxylic acids is 3. The number of aliphatic carboxylic acids is 3. The van der Waals surface area contributed by atoms with Crippen molar-refractivity contribution in [3.8, 4) is 0 Å². The van der Waals surface area contributed by atoms with E-state index in [2.05, 4.69) is 51.7 Å². The number of anilines is 4. The van der Waals surface area contributed by atoms with E-state index in [1.165, 1.54) is 23.6 Å². The number of allylic oxidation sites excluding steroid dienone is 6. The molecule has 2 aromatic heterocycles. The van der Waals surface area contributed by atoms with Crippen LogP contribution in [0.5, 0.6) is 0 Å². The number of benzene rings is 2. The van der Waals surface area contributed by atoms with Crippen LogP contribution in [-0.2, 0) is 69.8 Å². The zero-order valence-corrected chi connectivity index (χ0v) is 64.6. The first-order valence-electron chi connectivity index (χ1n) is 34.1. The minimum Gasteiger partial charge on any atom is -0.769 e. The Morgan fingerprint density at radius 1 is 0.478 bits per heavy atom. The van der Waals surface area contributed by atoms with Crippen molar-refractivity contribution in [2.24, 2.45) is 40.8 Å². The third-order valence-electron chi connectivity index (χ3n) is 15.8. The summed E-state index contributed by atoms with van der Waals surface area (Å²) < 4.78 is 3.33. The molecule has 7 N–H and O–H groups in total. The van der Waals surface area contributed by atoms with E-state index in [1.54, 1.807) is 134 Å². The van der Waals surface area contributed by atoms with Crippen molar-refractivity contribution in [1.29, 1.82) is 0 Å². The quantitative estimate of drug-likeness (QED) is 0.0176. The maximum absolute atomic E-state index is 13.5. The molecule has 42 heteroatoms. The number of ketones is 2. The second-order valence-electron chi connectivity index (χ2n) is 25.1. The summed E-state index contributed by atoms with van der Waals surface area (Å²) in [7, 11) is 7.67. The molecule has 10 rings (SSSR count). The van der Waals surface area contributed by atoms with Gasteiger partial charge in [-0.3, -0.25) is 59.0 Å². The van der Waals surface area contributed by atoms with Gasteiger partial charge in [-0.2, -0.15) is 39.6 Å². The number of carbonyl (C=O) groups excluding carboxylic acids is 9. The van der Waals surface area contributed by atoms with Gasteiger partial charge in [0.1, 0.15) is 23.6 Å². The molecule has 0 spiro atoms. The number of hydrogen-bond acceptors (Lipinski definition) is 33. The predicted octanol–water partition coefficient (Wildman–Crippen LogP) is 0.685. The molecule has 2 aromatic carbocycles. The van der Waals surface area contributed by atoms with Gasteiger partial charge in [-0.15, -0.1) is 20.4 Å². The number of amides is 6. The molecule has 0 saturated heterocycles. The molecule has 3 unspecified atom stereocenters. The van der Waals surface area contributed by atoms with Crippen molar-refractivity contribution in [3.63, 3.8) is 0 Å². The number of rotatable bonds is 23. The van der Waals surface area contributed by atoms with E-state index < -0.39 is 93.7 Å². The molecule has 6 aliphatic rings. The minimum atomic E-state index is -1.44. The molecule has 1 radical (unpaired) electrons. The van der Waals surface area contributed by atoms with Crippen LogP contribution >= 0.6 is 0 Å². The number of hydrogen-bond donors (Lipinski definition) is 7. The van der Waals surface area contributed by atoms with E-state index in [0.29, 0.717) is 71.2 Å². The van der Waals surface area contributed by atoms with Gasteiger partial charge in [-0.1, -0.05) is 12.1 Å². The molecule has 41 nitrogen and oxygen atoms in total. The van der Waals surface area contributed by atoms with E-state index in [9.17, 15) is 78.7 Å². The number of hydrazone groups is 4. The van der Waals surface area contributed by atoms with Crippen molar-refractivity contribution in [1.82, 2.24) is 30.1 Å². The van der Waals surface area contributed by atoms with Crippen molar-refractivity contribution in [3.05, 3.63) is 190 Å². The molecule has 6 heterocycles. The number of carboxylic acid groups (broad SMARTS) is 3. The van der Waals surface area contributed by atoms with Crippen LogP contribution in [0.4, 0.5) is 22.7 Å². The summed E-state index contributed by atoms with van der Waals surface area (Å²) in [6.45, 7) is 11.8. The molecule has 0 saturated carbocycles. The summed E-state index contributed by atoms with van der Waals surface area (Å²) in [5.74, 6) is -8.24. The van der Waals surface area contributed by atoms with E-state index in [1.807, 2.05) is 50.1 Å². The van der Waals surface area contributed by atoms with Crippen LogP contribution in [0.1, 0.15) is 61.3 Å². The summed E-state index contributed by atoms with van der Waals surface area (Å²) in [4.78, 5) is 139. The van der Waals surface area contributed by atoms with E-state index in [-0.39, 0.29) is 87.2 Å². The van der Waals surface area contributed by atoms with Gasteiger partial charge in [0.05, 0.1) is 57.4 Å². The summed E-state index contributed by atoms with van der Waals surface area (Å²) >= 11 is 0. The third kappa shape index (κ3) is 25.4. The molecule has 6 amide bonds. The summed E-state index contributed by atoms with van der Waals surface area (Å²) in [5.41, 5.74) is 8.41. The van der Waals surface area contributed by atoms with E-state index >= 15 is 0 Å². The van der Waals surface area contributed by atoms with Crippen LogP contribution in [0.25, 0.3) is 11.4 Å². The molecule has 4 aliphatic heterocycles. The van der Waals surface area contributed by atoms with Gasteiger partial charge >= 0.3 is 52.6 Å². The van der Waals surface area contributed by atoms with Gasteiger partial charge in [0.2, 0.25) is 11.6 Å². The van der Waals surface area contributed by atoms with Crippen LogP contribution in [0.3, 0.4) is 0 Å². The van der Waals surface area contributed by atoms with Crippen molar-refractivity contribution < 1.29 is 110 Å². The Morgan fingerprint density at radius 3 is 1.06 bits per heavy atom. The average molecular weight is 1630 g/mol. The maximum atomic E-state index is 13.5. The molecule has 2 aliphatic carbocycles. The average Bonchev–Trinajstić information content (AvgIpc) is 1.72. The smallest absolute Gasteiger partial charge is 0.769 e. The second-order valence-corrected chi connectivity index (χ2v) is 25.1. The fourth-order valence-electron chi connectivity index (χ4n) is 9.80. The fraction of sp³-hybridized carbons (Fsp3) is 0.274. The zero-order valence-electron chi connectivity index (χ0n) is 63.5. The number of aliphatic hydroxyl groups excluding tert-OH is 3. The van der Waals surface area contributed by atoms with Crippen LogP contribution in [-0.4, -0.2) is 239 Å². The Morgan fingerprint density at radius 2 is 0.791 bits per heavy atom. The number of hydroxylamine groups is 4.